The molecule has 1 atom stereocenters. The number of nitrogens with one attached hydrogen (secondary N) is 1. The van der Waals surface area contributed by atoms with Gasteiger partial charge < -0.3 is 10.1 Å². The summed E-state index contributed by atoms with van der Waals surface area (Å²) in [4.78, 5) is 2.46. The normalized spacial score (nSPS) is 16.3. The molecule has 1 fully saturated rings. The van der Waals surface area contributed by atoms with Crippen LogP contribution in [0.15, 0.2) is 30.9 Å². The van der Waals surface area contributed by atoms with E-state index in [9.17, 15) is 0 Å². The number of hydrogen-bond donors (Lipinski definition) is 1. The van der Waals surface area contributed by atoms with Gasteiger partial charge in [0.2, 0.25) is 0 Å². The third-order valence-corrected chi connectivity index (χ3v) is 3.77. The van der Waals surface area contributed by atoms with Gasteiger partial charge in [-0.2, -0.15) is 0 Å². The number of rotatable bonds is 5. The summed E-state index contributed by atoms with van der Waals surface area (Å²) in [7, 11) is 1.70. The van der Waals surface area contributed by atoms with Gasteiger partial charge >= 0.3 is 0 Å². The van der Waals surface area contributed by atoms with E-state index in [1.807, 2.05) is 24.3 Å². The minimum atomic E-state index is 0. The summed E-state index contributed by atoms with van der Waals surface area (Å²) in [5.41, 5.74) is 1.15. The fourth-order valence-corrected chi connectivity index (χ4v) is 2.77. The molecule has 3 nitrogen and oxygen atoms in total. The van der Waals surface area contributed by atoms with E-state index in [1.54, 1.807) is 7.11 Å². The Balaban J connectivity index is 0.00000200. The van der Waals surface area contributed by atoms with E-state index in [1.165, 1.54) is 0 Å². The van der Waals surface area contributed by atoms with Gasteiger partial charge in [0, 0.05) is 42.8 Å². The molecular weight excluding hydrogens is 331 g/mol. The smallest absolute Gasteiger partial charge is 0.123 e. The lowest BCUT2D eigenvalue weighted by molar-refractivity contribution is 0.171. The second kappa shape index (κ2) is 10.3. The zero-order chi connectivity index (χ0) is 13.7. The first-order valence-electron chi connectivity index (χ1n) is 6.65. The van der Waals surface area contributed by atoms with Gasteiger partial charge in [-0.05, 0) is 24.6 Å². The van der Waals surface area contributed by atoms with Gasteiger partial charge in [0.25, 0.3) is 0 Å². The zero-order valence-electron chi connectivity index (χ0n) is 12.2. The van der Waals surface area contributed by atoms with Gasteiger partial charge in [0.1, 0.15) is 5.75 Å². The summed E-state index contributed by atoms with van der Waals surface area (Å²) in [5.74, 6) is 0.898. The largest absolute Gasteiger partial charge is 0.496 e. The van der Waals surface area contributed by atoms with Gasteiger partial charge in [0.15, 0.2) is 0 Å². The number of benzene rings is 1. The summed E-state index contributed by atoms with van der Waals surface area (Å²) in [6.45, 7) is 8.00. The molecular formula is C15H23Cl3N2O. The van der Waals surface area contributed by atoms with Crippen LogP contribution in [0.5, 0.6) is 5.75 Å². The number of ether oxygens (including phenoxy) is 1. The van der Waals surface area contributed by atoms with Crippen molar-refractivity contribution < 1.29 is 4.74 Å². The number of piperazine rings is 1. The lowest BCUT2D eigenvalue weighted by Crippen LogP contribution is -2.45. The van der Waals surface area contributed by atoms with Crippen LogP contribution in [0.3, 0.4) is 0 Å². The molecule has 1 aromatic carbocycles. The zero-order valence-corrected chi connectivity index (χ0v) is 14.6. The molecule has 120 valence electrons. The Morgan fingerprint density at radius 2 is 2.05 bits per heavy atom. The summed E-state index contributed by atoms with van der Waals surface area (Å²) < 4.78 is 5.48. The molecule has 1 saturated heterocycles. The highest BCUT2D eigenvalue weighted by molar-refractivity contribution is 6.30. The van der Waals surface area contributed by atoms with Crippen LogP contribution < -0.4 is 10.1 Å². The number of nitrogens with zero attached hydrogens (tertiary/aromatic N) is 1. The molecule has 0 radical (unpaired) electrons. The van der Waals surface area contributed by atoms with Crippen LogP contribution in [0.25, 0.3) is 0 Å². The second-order valence-electron chi connectivity index (χ2n) is 4.71. The average Bonchev–Trinajstić information content (AvgIpc) is 2.45. The van der Waals surface area contributed by atoms with Crippen molar-refractivity contribution in [2.75, 3.05) is 33.3 Å². The highest BCUT2D eigenvalue weighted by Crippen LogP contribution is 2.34. The SMILES string of the molecule is C=CC[C@@H](c1cc(Cl)ccc1OC)N1CCNCC1.Cl.Cl. The van der Waals surface area contributed by atoms with E-state index in [-0.39, 0.29) is 30.9 Å². The first kappa shape index (κ1) is 20.6. The van der Waals surface area contributed by atoms with Crippen LogP contribution in [-0.2, 0) is 0 Å². The van der Waals surface area contributed by atoms with Crippen molar-refractivity contribution in [3.8, 4) is 5.75 Å². The molecule has 1 heterocycles. The Morgan fingerprint density at radius 1 is 1.38 bits per heavy atom. The Hall–Kier alpha value is -0.450. The predicted octanol–water partition coefficient (Wildman–Crippen LogP) is 3.71. The second-order valence-corrected chi connectivity index (χ2v) is 5.15. The summed E-state index contributed by atoms with van der Waals surface area (Å²) in [6.07, 6.45) is 2.86. The van der Waals surface area contributed by atoms with Crippen molar-refractivity contribution in [1.29, 1.82) is 0 Å². The maximum absolute atomic E-state index is 6.14. The number of methoxy groups -OCH3 is 1. The predicted molar refractivity (Wildman–Crippen MR) is 94.5 cm³/mol. The molecule has 1 aromatic rings. The van der Waals surface area contributed by atoms with E-state index < -0.39 is 0 Å². The van der Waals surface area contributed by atoms with Crippen LogP contribution in [0.4, 0.5) is 0 Å². The third-order valence-electron chi connectivity index (χ3n) is 3.53. The van der Waals surface area contributed by atoms with Gasteiger partial charge in [-0.1, -0.05) is 17.7 Å². The molecule has 0 spiro atoms. The maximum atomic E-state index is 6.14. The van der Waals surface area contributed by atoms with Crippen LogP contribution in [-0.4, -0.2) is 38.2 Å². The van der Waals surface area contributed by atoms with Gasteiger partial charge in [-0.25, -0.2) is 0 Å². The van der Waals surface area contributed by atoms with E-state index in [4.69, 9.17) is 16.3 Å². The molecule has 0 aliphatic carbocycles. The molecule has 0 unspecified atom stereocenters. The summed E-state index contributed by atoms with van der Waals surface area (Å²) in [6, 6.07) is 6.10. The Morgan fingerprint density at radius 3 is 2.62 bits per heavy atom. The topological polar surface area (TPSA) is 24.5 Å². The van der Waals surface area contributed by atoms with Gasteiger partial charge in [-0.15, -0.1) is 31.4 Å². The van der Waals surface area contributed by atoms with Crippen molar-refractivity contribution in [2.45, 2.75) is 12.5 Å². The highest BCUT2D eigenvalue weighted by Gasteiger charge is 2.23. The first-order chi connectivity index (χ1) is 9.26. The van der Waals surface area contributed by atoms with Crippen LogP contribution >= 0.6 is 36.4 Å². The van der Waals surface area contributed by atoms with E-state index >= 15 is 0 Å². The quantitative estimate of drug-likeness (QED) is 0.817. The Bertz CT molecular complexity index is 437. The van der Waals surface area contributed by atoms with Crippen molar-refractivity contribution in [1.82, 2.24) is 10.2 Å². The van der Waals surface area contributed by atoms with E-state index in [0.29, 0.717) is 0 Å². The first-order valence-corrected chi connectivity index (χ1v) is 7.03. The lowest BCUT2D eigenvalue weighted by Gasteiger charge is -2.35. The average molecular weight is 354 g/mol. The molecule has 1 aliphatic rings. The number of hydrogen-bond acceptors (Lipinski definition) is 3. The van der Waals surface area contributed by atoms with Crippen LogP contribution in [0.2, 0.25) is 5.02 Å². The van der Waals surface area contributed by atoms with Crippen molar-refractivity contribution >= 4 is 36.4 Å². The van der Waals surface area contributed by atoms with Crippen molar-refractivity contribution in [2.24, 2.45) is 0 Å². The fourth-order valence-electron chi connectivity index (χ4n) is 2.59. The molecule has 1 aliphatic heterocycles. The van der Waals surface area contributed by atoms with E-state index in [2.05, 4.69) is 16.8 Å². The monoisotopic (exact) mass is 352 g/mol. The minimum absolute atomic E-state index is 0. The molecule has 21 heavy (non-hydrogen) atoms. The van der Waals surface area contributed by atoms with Crippen LogP contribution in [0, 0.1) is 0 Å². The molecule has 0 saturated carbocycles. The van der Waals surface area contributed by atoms with Gasteiger partial charge in [-0.3, -0.25) is 4.90 Å². The number of halogens is 3. The Kier molecular flexibility index (Phi) is 10.1. The molecule has 0 aromatic heterocycles. The van der Waals surface area contributed by atoms with Crippen LogP contribution in [0.1, 0.15) is 18.0 Å². The van der Waals surface area contributed by atoms with Gasteiger partial charge in [0.05, 0.1) is 7.11 Å². The van der Waals surface area contributed by atoms with Crippen molar-refractivity contribution in [3.05, 3.63) is 41.4 Å². The molecule has 0 amide bonds. The third kappa shape index (κ3) is 5.35. The standard InChI is InChI=1S/C15H21ClN2O.2ClH/c1-3-4-14(18-9-7-17-8-10-18)13-11-12(16)5-6-15(13)19-2;;/h3,5-6,11,14,17H,1,4,7-10H2,2H3;2*1H/t14-;;/m0../s1. The van der Waals surface area contributed by atoms with Crippen molar-refractivity contribution in [3.63, 3.8) is 0 Å². The Labute approximate surface area is 144 Å². The summed E-state index contributed by atoms with van der Waals surface area (Å²) in [5, 5.41) is 4.13. The highest BCUT2D eigenvalue weighted by atomic mass is 35.5. The molecule has 1 N–H and O–H groups in total. The lowest BCUT2D eigenvalue weighted by atomic mass is 10.00. The fraction of sp³-hybridized carbons (Fsp3) is 0.467. The molecule has 0 bridgehead atoms. The van der Waals surface area contributed by atoms with E-state index in [0.717, 1.165) is 48.9 Å². The molecule has 2 rings (SSSR count). The maximum Gasteiger partial charge on any atom is 0.123 e. The molecule has 6 heteroatoms. The minimum Gasteiger partial charge on any atom is -0.496 e. The summed E-state index contributed by atoms with van der Waals surface area (Å²) >= 11 is 6.14.